The molecule has 0 saturated heterocycles. The topological polar surface area (TPSA) is 17.3 Å². The fraction of sp³-hybridized carbons (Fsp3) is 0.0455. The second kappa shape index (κ2) is 4.93. The minimum Gasteiger partial charge on any atom is -0.299 e. The third-order valence-electron chi connectivity index (χ3n) is 4.81. The van der Waals surface area contributed by atoms with Crippen LogP contribution < -0.4 is 0 Å². The quantitative estimate of drug-likeness (QED) is 0.368. The van der Waals surface area contributed by atoms with Gasteiger partial charge < -0.3 is 0 Å². The minimum atomic E-state index is 1.01. The Morgan fingerprint density at radius 3 is 2.42 bits per heavy atom. The highest BCUT2D eigenvalue weighted by Gasteiger charge is 2.13. The van der Waals surface area contributed by atoms with E-state index >= 15 is 0 Å². The van der Waals surface area contributed by atoms with E-state index in [2.05, 4.69) is 83.0 Å². The fourth-order valence-electron chi connectivity index (χ4n) is 3.72. The van der Waals surface area contributed by atoms with Crippen LogP contribution in [0.2, 0.25) is 0 Å². The lowest BCUT2D eigenvalue weighted by atomic mass is 9.93. The lowest BCUT2D eigenvalue weighted by molar-refractivity contribution is 1.27. The van der Waals surface area contributed by atoms with Gasteiger partial charge in [0.1, 0.15) is 5.65 Å². The number of fused-ring (bicyclic) bond motifs is 6. The van der Waals surface area contributed by atoms with Gasteiger partial charge in [-0.25, -0.2) is 4.98 Å². The van der Waals surface area contributed by atoms with Crippen LogP contribution in [-0.4, -0.2) is 9.38 Å². The van der Waals surface area contributed by atoms with Crippen LogP contribution in [-0.2, 0) is 0 Å². The van der Waals surface area contributed by atoms with Crippen molar-refractivity contribution >= 4 is 27.3 Å². The van der Waals surface area contributed by atoms with Crippen molar-refractivity contribution in [3.63, 3.8) is 0 Å². The van der Waals surface area contributed by atoms with Crippen molar-refractivity contribution in [1.82, 2.24) is 9.38 Å². The highest BCUT2D eigenvalue weighted by atomic mass is 15.0. The third kappa shape index (κ3) is 1.74. The van der Waals surface area contributed by atoms with Crippen LogP contribution in [0.5, 0.6) is 0 Å². The first kappa shape index (κ1) is 13.3. The maximum Gasteiger partial charge on any atom is 0.145 e. The first-order valence-corrected chi connectivity index (χ1v) is 8.17. The summed E-state index contributed by atoms with van der Waals surface area (Å²) in [6.07, 6.45) is 3.92. The Balaban J connectivity index is 2.08. The molecule has 114 valence electrons. The van der Waals surface area contributed by atoms with Crippen molar-refractivity contribution in [2.24, 2.45) is 0 Å². The second-order valence-corrected chi connectivity index (χ2v) is 6.18. The molecule has 0 aliphatic rings. The van der Waals surface area contributed by atoms with E-state index in [1.807, 2.05) is 12.4 Å². The Morgan fingerprint density at radius 2 is 1.50 bits per heavy atom. The molecule has 0 fully saturated rings. The highest BCUT2D eigenvalue weighted by Crippen LogP contribution is 2.37. The largest absolute Gasteiger partial charge is 0.299 e. The highest BCUT2D eigenvalue weighted by molar-refractivity contribution is 6.17. The molecule has 0 N–H and O–H groups in total. The molecule has 5 rings (SSSR count). The van der Waals surface area contributed by atoms with E-state index in [0.717, 1.165) is 5.65 Å². The molecule has 2 nitrogen and oxygen atoms in total. The molecule has 0 unspecified atom stereocenters. The third-order valence-corrected chi connectivity index (χ3v) is 4.81. The molecule has 0 saturated carbocycles. The van der Waals surface area contributed by atoms with Gasteiger partial charge in [-0.3, -0.25) is 4.40 Å². The van der Waals surface area contributed by atoms with Crippen molar-refractivity contribution in [3.8, 4) is 11.1 Å². The minimum absolute atomic E-state index is 1.01. The van der Waals surface area contributed by atoms with E-state index in [-0.39, 0.29) is 0 Å². The van der Waals surface area contributed by atoms with Gasteiger partial charge in [0.2, 0.25) is 0 Å². The first-order chi connectivity index (χ1) is 11.8. The van der Waals surface area contributed by atoms with Crippen LogP contribution in [0, 0.1) is 6.92 Å². The number of rotatable bonds is 1. The molecule has 24 heavy (non-hydrogen) atoms. The maximum absolute atomic E-state index is 4.62. The monoisotopic (exact) mass is 308 g/mol. The molecule has 0 bridgehead atoms. The Labute approximate surface area is 140 Å². The normalized spacial score (nSPS) is 11.5. The number of pyridine rings is 1. The summed E-state index contributed by atoms with van der Waals surface area (Å²) in [7, 11) is 0. The number of benzene rings is 3. The first-order valence-electron chi connectivity index (χ1n) is 8.17. The van der Waals surface area contributed by atoms with Crippen molar-refractivity contribution in [2.75, 3.05) is 0 Å². The van der Waals surface area contributed by atoms with Crippen molar-refractivity contribution in [3.05, 3.63) is 84.7 Å². The van der Waals surface area contributed by atoms with Crippen LogP contribution in [0.15, 0.2) is 79.1 Å². The van der Waals surface area contributed by atoms with Gasteiger partial charge in [-0.2, -0.15) is 0 Å². The van der Waals surface area contributed by atoms with Crippen LogP contribution in [0.1, 0.15) is 5.56 Å². The Hall–Kier alpha value is -3.13. The zero-order valence-corrected chi connectivity index (χ0v) is 13.4. The summed E-state index contributed by atoms with van der Waals surface area (Å²) in [6.45, 7) is 2.17. The van der Waals surface area contributed by atoms with Gasteiger partial charge in [0.05, 0.1) is 5.52 Å². The molecule has 2 heteroatoms. The van der Waals surface area contributed by atoms with Crippen LogP contribution in [0.25, 0.3) is 38.4 Å². The summed E-state index contributed by atoms with van der Waals surface area (Å²) >= 11 is 0. The number of aromatic nitrogens is 2. The summed E-state index contributed by atoms with van der Waals surface area (Å²) in [4.78, 5) is 4.62. The Kier molecular flexibility index (Phi) is 2.74. The van der Waals surface area contributed by atoms with Gasteiger partial charge in [-0.1, -0.05) is 60.7 Å². The molecule has 5 aromatic rings. The molecule has 0 aliphatic heterocycles. The smallest absolute Gasteiger partial charge is 0.145 e. The molecule has 0 atom stereocenters. The van der Waals surface area contributed by atoms with E-state index < -0.39 is 0 Å². The summed E-state index contributed by atoms with van der Waals surface area (Å²) in [6, 6.07) is 23.7. The number of hydrogen-bond donors (Lipinski definition) is 0. The van der Waals surface area contributed by atoms with Gasteiger partial charge in [0.15, 0.2) is 0 Å². The maximum atomic E-state index is 4.62. The average Bonchev–Trinajstić information content (AvgIpc) is 3.12. The summed E-state index contributed by atoms with van der Waals surface area (Å²) < 4.78 is 2.18. The second-order valence-electron chi connectivity index (χ2n) is 6.18. The lowest BCUT2D eigenvalue weighted by Gasteiger charge is -2.14. The number of para-hydroxylation sites is 1. The van der Waals surface area contributed by atoms with Gasteiger partial charge >= 0.3 is 0 Å². The van der Waals surface area contributed by atoms with Crippen LogP contribution >= 0.6 is 0 Å². The average molecular weight is 308 g/mol. The fourth-order valence-corrected chi connectivity index (χ4v) is 3.72. The number of aryl methyl sites for hydroxylation is 1. The standard InChI is InChI=1S/C22H16N2/c1-15-7-2-3-8-16(15)17-10-6-11-19-21(17)18-9-4-5-12-20(18)24-14-13-23-22(19)24/h2-14H,1H3. The van der Waals surface area contributed by atoms with E-state index in [1.165, 1.54) is 38.4 Å². The van der Waals surface area contributed by atoms with E-state index in [0.29, 0.717) is 0 Å². The predicted molar refractivity (Wildman–Crippen MR) is 100 cm³/mol. The number of imidazole rings is 1. The zero-order chi connectivity index (χ0) is 16.1. The summed E-state index contributed by atoms with van der Waals surface area (Å²) in [5.74, 6) is 0. The van der Waals surface area contributed by atoms with Gasteiger partial charge in [0.25, 0.3) is 0 Å². The predicted octanol–water partition coefficient (Wildman–Crippen LogP) is 5.62. The van der Waals surface area contributed by atoms with Crippen molar-refractivity contribution in [2.45, 2.75) is 6.92 Å². The molecule has 0 amide bonds. The van der Waals surface area contributed by atoms with Crippen LogP contribution in [0.3, 0.4) is 0 Å². The molecule has 0 aliphatic carbocycles. The molecular formula is C22H16N2. The molecule has 2 heterocycles. The Morgan fingerprint density at radius 1 is 0.750 bits per heavy atom. The van der Waals surface area contributed by atoms with Gasteiger partial charge in [0, 0.05) is 28.6 Å². The zero-order valence-electron chi connectivity index (χ0n) is 13.4. The molecule has 3 aromatic carbocycles. The van der Waals surface area contributed by atoms with Crippen LogP contribution in [0.4, 0.5) is 0 Å². The van der Waals surface area contributed by atoms with Crippen molar-refractivity contribution in [1.29, 1.82) is 0 Å². The SMILES string of the molecule is Cc1ccccc1-c1cccc2c1c1ccccc1n1ccnc21. The van der Waals surface area contributed by atoms with Crippen molar-refractivity contribution < 1.29 is 0 Å². The molecule has 2 aromatic heterocycles. The van der Waals surface area contributed by atoms with E-state index in [4.69, 9.17) is 0 Å². The molecule has 0 radical (unpaired) electrons. The summed E-state index contributed by atoms with van der Waals surface area (Å²) in [5.41, 5.74) is 6.05. The molecular weight excluding hydrogens is 292 g/mol. The Bertz CT molecular complexity index is 1210. The summed E-state index contributed by atoms with van der Waals surface area (Å²) in [5, 5.41) is 3.73. The number of hydrogen-bond acceptors (Lipinski definition) is 1. The lowest BCUT2D eigenvalue weighted by Crippen LogP contribution is -1.93. The van der Waals surface area contributed by atoms with E-state index in [9.17, 15) is 0 Å². The van der Waals surface area contributed by atoms with Gasteiger partial charge in [-0.15, -0.1) is 0 Å². The van der Waals surface area contributed by atoms with E-state index in [1.54, 1.807) is 0 Å². The number of nitrogens with zero attached hydrogens (tertiary/aromatic N) is 2. The van der Waals surface area contributed by atoms with Gasteiger partial charge in [-0.05, 0) is 29.7 Å². The molecule has 0 spiro atoms.